The molecule has 0 aliphatic rings. The van der Waals surface area contributed by atoms with Gasteiger partial charge in [0.2, 0.25) is 0 Å². The van der Waals surface area contributed by atoms with Crippen LogP contribution in [0.1, 0.15) is 13.3 Å². The average molecular weight is 526 g/mol. The number of guanidine groups is 1. The van der Waals surface area contributed by atoms with Gasteiger partial charge in [0.1, 0.15) is 0 Å². The Morgan fingerprint density at radius 1 is 1.26 bits per heavy atom. The van der Waals surface area contributed by atoms with Crippen molar-refractivity contribution in [3.05, 3.63) is 28.7 Å². The van der Waals surface area contributed by atoms with Gasteiger partial charge in [-0.25, -0.2) is 0 Å². The Morgan fingerprint density at radius 3 is 2.39 bits per heavy atom. The van der Waals surface area contributed by atoms with E-state index < -0.39 is 12.6 Å². The van der Waals surface area contributed by atoms with Crippen LogP contribution >= 0.6 is 51.7 Å². The summed E-state index contributed by atoms with van der Waals surface area (Å²) in [6, 6.07) is 7.98. The van der Waals surface area contributed by atoms with E-state index in [0.29, 0.717) is 12.5 Å². The summed E-state index contributed by atoms with van der Waals surface area (Å²) in [5.41, 5.74) is 0. The van der Waals surface area contributed by atoms with Gasteiger partial charge < -0.3 is 10.6 Å². The van der Waals surface area contributed by atoms with E-state index in [1.165, 1.54) is 7.05 Å². The van der Waals surface area contributed by atoms with Gasteiger partial charge in [-0.2, -0.15) is 13.2 Å². The van der Waals surface area contributed by atoms with Gasteiger partial charge in [-0.1, -0.05) is 22.9 Å². The van der Waals surface area contributed by atoms with Crippen molar-refractivity contribution in [3.63, 3.8) is 0 Å². The molecule has 9 heteroatoms. The average Bonchev–Trinajstić information content (AvgIpc) is 2.44. The first-order valence-corrected chi connectivity index (χ1v) is 8.41. The van der Waals surface area contributed by atoms with Crippen LogP contribution in [-0.2, 0) is 0 Å². The highest BCUT2D eigenvalue weighted by Crippen LogP contribution is 2.24. The van der Waals surface area contributed by atoms with Crippen molar-refractivity contribution in [2.45, 2.75) is 29.7 Å². The lowest BCUT2D eigenvalue weighted by Gasteiger charge is -2.16. The predicted octanol–water partition coefficient (Wildman–Crippen LogP) is 4.67. The van der Waals surface area contributed by atoms with Crippen LogP contribution in [0.4, 0.5) is 13.2 Å². The lowest BCUT2D eigenvalue weighted by atomic mass is 10.4. The molecular weight excluding hydrogens is 506 g/mol. The summed E-state index contributed by atoms with van der Waals surface area (Å²) < 4.78 is 37.3. The second-order valence-corrected chi connectivity index (χ2v) is 7.05. The summed E-state index contributed by atoms with van der Waals surface area (Å²) in [6.45, 7) is 2.46. The molecule has 0 radical (unpaired) electrons. The van der Waals surface area contributed by atoms with Crippen molar-refractivity contribution in [2.75, 3.05) is 20.1 Å². The number of aliphatic imine (C=N–C) groups is 1. The molecule has 0 heterocycles. The van der Waals surface area contributed by atoms with E-state index >= 15 is 0 Å². The van der Waals surface area contributed by atoms with Crippen molar-refractivity contribution in [1.82, 2.24) is 10.6 Å². The molecule has 1 rings (SSSR count). The summed E-state index contributed by atoms with van der Waals surface area (Å²) in [5, 5.41) is 5.94. The van der Waals surface area contributed by atoms with Crippen LogP contribution in [0.5, 0.6) is 0 Å². The van der Waals surface area contributed by atoms with Crippen LogP contribution in [0, 0.1) is 0 Å². The van der Waals surface area contributed by atoms with E-state index in [-0.39, 0.29) is 35.8 Å². The number of thioether (sulfide) groups is 1. The number of alkyl halides is 3. The minimum Gasteiger partial charge on any atom is -0.356 e. The molecule has 1 aromatic carbocycles. The van der Waals surface area contributed by atoms with Crippen molar-refractivity contribution >= 4 is 57.6 Å². The SMILES string of the molecule is CN=C(NCCC(F)(F)F)NCC(C)Sc1ccc(Br)cc1.I. The lowest BCUT2D eigenvalue weighted by molar-refractivity contribution is -0.132. The number of hydrogen-bond donors (Lipinski definition) is 2. The van der Waals surface area contributed by atoms with Gasteiger partial charge in [0.25, 0.3) is 0 Å². The molecule has 0 amide bonds. The van der Waals surface area contributed by atoms with Gasteiger partial charge in [0, 0.05) is 34.8 Å². The number of rotatable bonds is 6. The molecule has 3 nitrogen and oxygen atoms in total. The molecule has 0 saturated heterocycles. The Labute approximate surface area is 164 Å². The van der Waals surface area contributed by atoms with Gasteiger partial charge in [-0.3, -0.25) is 4.99 Å². The molecule has 0 aliphatic carbocycles. The summed E-state index contributed by atoms with van der Waals surface area (Å²) >= 11 is 5.07. The third-order valence-corrected chi connectivity index (χ3v) is 4.27. The van der Waals surface area contributed by atoms with E-state index in [2.05, 4.69) is 31.6 Å². The van der Waals surface area contributed by atoms with Crippen LogP contribution in [0.25, 0.3) is 0 Å². The Hall–Kier alpha value is -0.160. The topological polar surface area (TPSA) is 36.4 Å². The molecule has 2 N–H and O–H groups in total. The van der Waals surface area contributed by atoms with Gasteiger partial charge in [0.15, 0.2) is 5.96 Å². The summed E-state index contributed by atoms with van der Waals surface area (Å²) in [4.78, 5) is 5.05. The standard InChI is InChI=1S/C14H19BrF3N3S.HI/c1-10(22-12-5-3-11(15)4-6-12)9-21-13(19-2)20-8-7-14(16,17)18;/h3-6,10H,7-9H2,1-2H3,(H2,19,20,21);1H. The summed E-state index contributed by atoms with van der Waals surface area (Å²) in [7, 11) is 1.54. The van der Waals surface area contributed by atoms with E-state index in [1.807, 2.05) is 31.2 Å². The minimum absolute atomic E-state index is 0. The number of halogens is 5. The number of benzene rings is 1. The highest BCUT2D eigenvalue weighted by atomic mass is 127. The molecule has 0 bridgehead atoms. The fourth-order valence-corrected chi connectivity index (χ4v) is 2.76. The zero-order valence-corrected chi connectivity index (χ0v) is 17.5. The van der Waals surface area contributed by atoms with E-state index in [1.54, 1.807) is 11.8 Å². The van der Waals surface area contributed by atoms with Crippen LogP contribution in [-0.4, -0.2) is 37.5 Å². The smallest absolute Gasteiger partial charge is 0.356 e. The zero-order valence-electron chi connectivity index (χ0n) is 12.8. The van der Waals surface area contributed by atoms with E-state index in [0.717, 1.165) is 9.37 Å². The highest BCUT2D eigenvalue weighted by molar-refractivity contribution is 14.0. The van der Waals surface area contributed by atoms with Crippen molar-refractivity contribution in [2.24, 2.45) is 4.99 Å². The molecule has 1 unspecified atom stereocenters. The molecule has 0 aliphatic heterocycles. The van der Waals surface area contributed by atoms with Crippen molar-refractivity contribution in [3.8, 4) is 0 Å². The van der Waals surface area contributed by atoms with Crippen LogP contribution in [0.3, 0.4) is 0 Å². The maximum atomic E-state index is 12.1. The largest absolute Gasteiger partial charge is 0.390 e. The monoisotopic (exact) mass is 525 g/mol. The molecule has 1 aromatic rings. The zero-order chi connectivity index (χ0) is 16.6. The highest BCUT2D eigenvalue weighted by Gasteiger charge is 2.26. The Balaban J connectivity index is 0.00000484. The first-order chi connectivity index (χ1) is 10.3. The van der Waals surface area contributed by atoms with E-state index in [9.17, 15) is 13.2 Å². The summed E-state index contributed by atoms with van der Waals surface area (Å²) in [5.74, 6) is 0.382. The van der Waals surface area contributed by atoms with Crippen molar-refractivity contribution < 1.29 is 13.2 Å². The van der Waals surface area contributed by atoms with Gasteiger partial charge in [0.05, 0.1) is 6.42 Å². The van der Waals surface area contributed by atoms with Gasteiger partial charge in [-0.15, -0.1) is 35.7 Å². The van der Waals surface area contributed by atoms with Gasteiger partial charge in [-0.05, 0) is 24.3 Å². The first-order valence-electron chi connectivity index (χ1n) is 6.73. The molecule has 0 saturated carbocycles. The Morgan fingerprint density at radius 2 is 1.87 bits per heavy atom. The minimum atomic E-state index is -4.16. The summed E-state index contributed by atoms with van der Waals surface area (Å²) in [6.07, 6.45) is -5.03. The molecule has 23 heavy (non-hydrogen) atoms. The fourth-order valence-electron chi connectivity index (χ4n) is 1.57. The third-order valence-electron chi connectivity index (χ3n) is 2.63. The molecular formula is C14H20BrF3IN3S. The third kappa shape index (κ3) is 11.1. The number of hydrogen-bond acceptors (Lipinski definition) is 2. The fraction of sp³-hybridized carbons (Fsp3) is 0.500. The Bertz CT molecular complexity index is 483. The Kier molecular flexibility index (Phi) is 11.3. The van der Waals surface area contributed by atoms with E-state index in [4.69, 9.17) is 0 Å². The lowest BCUT2D eigenvalue weighted by Crippen LogP contribution is -2.41. The molecule has 1 atom stereocenters. The molecule has 0 spiro atoms. The molecule has 132 valence electrons. The van der Waals surface area contributed by atoms with Crippen molar-refractivity contribution in [1.29, 1.82) is 0 Å². The van der Waals surface area contributed by atoms with Gasteiger partial charge >= 0.3 is 6.18 Å². The first kappa shape index (κ1) is 22.8. The second kappa shape index (κ2) is 11.4. The maximum absolute atomic E-state index is 12.1. The second-order valence-electron chi connectivity index (χ2n) is 4.63. The molecule has 0 aromatic heterocycles. The normalized spacial score (nSPS) is 13.2. The van der Waals surface area contributed by atoms with Crippen LogP contribution in [0.2, 0.25) is 0 Å². The van der Waals surface area contributed by atoms with Crippen LogP contribution in [0.15, 0.2) is 38.6 Å². The quantitative estimate of drug-likeness (QED) is 0.245. The predicted molar refractivity (Wildman–Crippen MR) is 105 cm³/mol. The molecule has 0 fully saturated rings. The maximum Gasteiger partial charge on any atom is 0.390 e. The van der Waals surface area contributed by atoms with Crippen LogP contribution < -0.4 is 10.6 Å². The number of nitrogens with one attached hydrogen (secondary N) is 2. The number of nitrogens with zero attached hydrogens (tertiary/aromatic N) is 1.